The molecule has 9 heteroatoms. The van der Waals surface area contributed by atoms with Gasteiger partial charge in [-0.3, -0.25) is 0 Å². The molecule has 0 aliphatic carbocycles. The first-order chi connectivity index (χ1) is 9.23. The Balaban J connectivity index is 2.30. The fourth-order valence-corrected chi connectivity index (χ4v) is 3.78. The first-order valence-corrected chi connectivity index (χ1v) is 8.66. The van der Waals surface area contributed by atoms with Crippen LogP contribution in [0.5, 0.6) is 0 Å². The van der Waals surface area contributed by atoms with Gasteiger partial charge in [-0.25, -0.2) is 8.42 Å². The first-order valence-electron chi connectivity index (χ1n) is 5.83. The van der Waals surface area contributed by atoms with E-state index in [4.69, 9.17) is 4.74 Å². The highest BCUT2D eigenvalue weighted by Crippen LogP contribution is 2.22. The number of sulfonamides is 1. The zero-order valence-electron chi connectivity index (χ0n) is 10.7. The van der Waals surface area contributed by atoms with Gasteiger partial charge in [0.2, 0.25) is 10.0 Å². The van der Waals surface area contributed by atoms with Gasteiger partial charge in [0.1, 0.15) is 0 Å². The number of likely N-dealkylation sites (N-methyl/N-ethyl adjacent to an activating group) is 1. The van der Waals surface area contributed by atoms with E-state index in [-0.39, 0.29) is 10.9 Å². The summed E-state index contributed by atoms with van der Waals surface area (Å²) in [5.74, 6) is 0. The number of nitrogens with zero attached hydrogens (tertiary/aromatic N) is 1. The summed E-state index contributed by atoms with van der Waals surface area (Å²) in [6.45, 7) is 0.830. The van der Waals surface area contributed by atoms with E-state index in [9.17, 15) is 20.7 Å². The van der Waals surface area contributed by atoms with Crippen LogP contribution in [-0.2, 0) is 25.0 Å². The Bertz CT molecular complexity index is 678. The van der Waals surface area contributed by atoms with Crippen molar-refractivity contribution >= 4 is 20.2 Å². The lowest BCUT2D eigenvalue weighted by atomic mass is 10.3. The number of hydrogen-bond donors (Lipinski definition) is 0. The molecule has 0 aromatic heterocycles. The van der Waals surface area contributed by atoms with Crippen molar-refractivity contribution in [3.63, 3.8) is 0 Å². The number of hydrogen-bond acceptors (Lipinski definition) is 5. The van der Waals surface area contributed by atoms with Gasteiger partial charge in [0.15, 0.2) is 0 Å². The van der Waals surface area contributed by atoms with Crippen molar-refractivity contribution in [3.8, 4) is 0 Å². The molecule has 112 valence electrons. The Hall–Kier alpha value is -1.03. The number of ether oxygens (including phenoxy) is 1. The topological polar surface area (TPSA) is 80.8 Å². The van der Waals surface area contributed by atoms with Crippen molar-refractivity contribution in [1.82, 2.24) is 4.31 Å². The normalized spacial score (nSPS) is 20.4. The molecule has 6 nitrogen and oxygen atoms in total. The predicted molar refractivity (Wildman–Crippen MR) is 68.9 cm³/mol. The van der Waals surface area contributed by atoms with E-state index in [1.807, 2.05) is 0 Å². The van der Waals surface area contributed by atoms with Gasteiger partial charge in [-0.05, 0) is 30.7 Å². The summed E-state index contributed by atoms with van der Waals surface area (Å²) >= 11 is 0. The third-order valence-corrected chi connectivity index (χ3v) is 5.96. The molecule has 0 amide bonds. The summed E-state index contributed by atoms with van der Waals surface area (Å²) in [6, 6.07) is 3.77. The van der Waals surface area contributed by atoms with Crippen LogP contribution in [0.15, 0.2) is 34.1 Å². The van der Waals surface area contributed by atoms with Crippen molar-refractivity contribution in [1.29, 1.82) is 0 Å². The van der Waals surface area contributed by atoms with Crippen molar-refractivity contribution in [2.24, 2.45) is 0 Å². The van der Waals surface area contributed by atoms with Crippen LogP contribution in [0.4, 0.5) is 3.89 Å². The van der Waals surface area contributed by atoms with E-state index in [1.165, 1.54) is 11.4 Å². The Morgan fingerprint density at radius 1 is 1.15 bits per heavy atom. The molecule has 1 saturated heterocycles. The molecule has 1 atom stereocenters. The third-order valence-electron chi connectivity index (χ3n) is 3.20. The number of benzene rings is 1. The van der Waals surface area contributed by atoms with Crippen LogP contribution in [0.3, 0.4) is 0 Å². The van der Waals surface area contributed by atoms with Crippen molar-refractivity contribution in [2.75, 3.05) is 20.3 Å². The van der Waals surface area contributed by atoms with Gasteiger partial charge < -0.3 is 4.74 Å². The van der Waals surface area contributed by atoms with E-state index in [0.29, 0.717) is 19.6 Å². The fraction of sp³-hybridized carbons (Fsp3) is 0.455. The smallest absolute Gasteiger partial charge is 0.332 e. The Morgan fingerprint density at radius 2 is 1.70 bits per heavy atom. The molecule has 0 N–H and O–H groups in total. The van der Waals surface area contributed by atoms with Gasteiger partial charge in [0.25, 0.3) is 0 Å². The first kappa shape index (κ1) is 15.4. The second kappa shape index (κ2) is 5.40. The van der Waals surface area contributed by atoms with Crippen LogP contribution in [0.2, 0.25) is 0 Å². The van der Waals surface area contributed by atoms with Gasteiger partial charge in [-0.1, -0.05) is 0 Å². The minimum Gasteiger partial charge on any atom is -0.380 e. The van der Waals surface area contributed by atoms with Crippen molar-refractivity contribution in [3.05, 3.63) is 24.3 Å². The van der Waals surface area contributed by atoms with Crippen molar-refractivity contribution in [2.45, 2.75) is 22.3 Å². The highest BCUT2D eigenvalue weighted by molar-refractivity contribution is 7.89. The molecular formula is C11H14FNO5S2. The molecule has 0 bridgehead atoms. The Labute approximate surface area is 117 Å². The second-order valence-electron chi connectivity index (χ2n) is 4.45. The summed E-state index contributed by atoms with van der Waals surface area (Å²) in [7, 11) is -7.14. The monoisotopic (exact) mass is 323 g/mol. The lowest BCUT2D eigenvalue weighted by Crippen LogP contribution is -2.37. The molecule has 1 unspecified atom stereocenters. The minimum absolute atomic E-state index is 0.0840. The summed E-state index contributed by atoms with van der Waals surface area (Å²) in [5, 5.41) is 0. The van der Waals surface area contributed by atoms with Crippen LogP contribution in [-0.4, -0.2) is 47.4 Å². The van der Waals surface area contributed by atoms with E-state index >= 15 is 0 Å². The molecule has 0 spiro atoms. The quantitative estimate of drug-likeness (QED) is 0.764. The number of halogens is 1. The average Bonchev–Trinajstić information content (AvgIpc) is 2.90. The standard InChI is InChI=1S/C11H14FNO5S2/c1-13(9-6-7-18-8-9)20(16,17)11-4-2-10(3-5-11)19(12,14)15/h2-5,9H,6-8H2,1H3. The van der Waals surface area contributed by atoms with Gasteiger partial charge in [0.05, 0.1) is 22.4 Å². The molecule has 0 radical (unpaired) electrons. The summed E-state index contributed by atoms with van der Waals surface area (Å²) in [6.07, 6.45) is 0.604. The molecule has 0 saturated carbocycles. The SMILES string of the molecule is CN(C1CCOC1)S(=O)(=O)c1ccc(S(=O)(=O)F)cc1. The molecule has 1 aromatic rings. The maximum atomic E-state index is 12.7. The second-order valence-corrected chi connectivity index (χ2v) is 7.79. The average molecular weight is 323 g/mol. The molecule has 2 rings (SSSR count). The molecule has 1 aromatic carbocycles. The van der Waals surface area contributed by atoms with E-state index in [1.54, 1.807) is 0 Å². The number of rotatable bonds is 4. The van der Waals surface area contributed by atoms with E-state index < -0.39 is 25.1 Å². The van der Waals surface area contributed by atoms with Gasteiger partial charge >= 0.3 is 10.2 Å². The third kappa shape index (κ3) is 3.00. The highest BCUT2D eigenvalue weighted by atomic mass is 32.3. The molecular weight excluding hydrogens is 309 g/mol. The lowest BCUT2D eigenvalue weighted by Gasteiger charge is -2.22. The predicted octanol–water partition coefficient (Wildman–Crippen LogP) is 0.754. The van der Waals surface area contributed by atoms with Crippen LogP contribution in [0.25, 0.3) is 0 Å². The molecule has 20 heavy (non-hydrogen) atoms. The summed E-state index contributed by atoms with van der Waals surface area (Å²) in [4.78, 5) is -0.650. The van der Waals surface area contributed by atoms with E-state index in [0.717, 1.165) is 24.3 Å². The molecule has 1 aliphatic heterocycles. The van der Waals surface area contributed by atoms with E-state index in [2.05, 4.69) is 0 Å². The largest absolute Gasteiger partial charge is 0.380 e. The zero-order valence-corrected chi connectivity index (χ0v) is 12.3. The Kier molecular flexibility index (Phi) is 4.14. The molecule has 1 heterocycles. The summed E-state index contributed by atoms with van der Waals surface area (Å²) in [5.41, 5.74) is 0. The van der Waals surface area contributed by atoms with Gasteiger partial charge in [-0.15, -0.1) is 3.89 Å². The van der Waals surface area contributed by atoms with Crippen molar-refractivity contribution < 1.29 is 25.5 Å². The molecule has 1 fully saturated rings. The zero-order chi connectivity index (χ0) is 15.0. The highest BCUT2D eigenvalue weighted by Gasteiger charge is 2.30. The maximum Gasteiger partial charge on any atom is 0.332 e. The lowest BCUT2D eigenvalue weighted by molar-refractivity contribution is 0.181. The van der Waals surface area contributed by atoms with Gasteiger partial charge in [0, 0.05) is 13.7 Å². The van der Waals surface area contributed by atoms with Gasteiger partial charge in [-0.2, -0.15) is 12.7 Å². The van der Waals surface area contributed by atoms with Crippen LogP contribution in [0.1, 0.15) is 6.42 Å². The van der Waals surface area contributed by atoms with Crippen LogP contribution >= 0.6 is 0 Å². The fourth-order valence-electron chi connectivity index (χ4n) is 1.95. The minimum atomic E-state index is -4.83. The maximum absolute atomic E-state index is 12.7. The molecule has 1 aliphatic rings. The van der Waals surface area contributed by atoms with Crippen LogP contribution in [0, 0.1) is 0 Å². The Morgan fingerprint density at radius 3 is 2.15 bits per heavy atom. The summed E-state index contributed by atoms with van der Waals surface area (Å²) < 4.78 is 65.1. The van der Waals surface area contributed by atoms with Crippen LogP contribution < -0.4 is 0 Å².